The van der Waals surface area contributed by atoms with Crippen LogP contribution in [0.3, 0.4) is 0 Å². The third-order valence-corrected chi connectivity index (χ3v) is 3.78. The summed E-state index contributed by atoms with van der Waals surface area (Å²) in [6, 6.07) is 10.4. The van der Waals surface area contributed by atoms with Crippen molar-refractivity contribution in [3.05, 3.63) is 63.4 Å². The lowest BCUT2D eigenvalue weighted by molar-refractivity contribution is 0.303. The van der Waals surface area contributed by atoms with E-state index >= 15 is 0 Å². The van der Waals surface area contributed by atoms with Crippen LogP contribution in [0.15, 0.2) is 40.9 Å². The molecule has 2 aromatic carbocycles. The summed E-state index contributed by atoms with van der Waals surface area (Å²) in [6.45, 7) is 2.38. The minimum atomic E-state index is -0.271. The van der Waals surface area contributed by atoms with Crippen LogP contribution in [-0.4, -0.2) is 0 Å². The first-order valence-electron chi connectivity index (χ1n) is 5.82. The Labute approximate surface area is 125 Å². The Morgan fingerprint density at radius 2 is 1.95 bits per heavy atom. The molecule has 0 N–H and O–H groups in total. The molecule has 0 atom stereocenters. The van der Waals surface area contributed by atoms with Crippen LogP contribution < -0.4 is 4.74 Å². The highest BCUT2D eigenvalue weighted by Crippen LogP contribution is 2.25. The second-order valence-electron chi connectivity index (χ2n) is 4.27. The summed E-state index contributed by atoms with van der Waals surface area (Å²) in [7, 11) is 0. The van der Waals surface area contributed by atoms with E-state index in [1.165, 1.54) is 12.1 Å². The highest BCUT2D eigenvalue weighted by atomic mass is 79.9. The molecule has 0 amide bonds. The van der Waals surface area contributed by atoms with Gasteiger partial charge in [0, 0.05) is 15.6 Å². The molecule has 0 saturated carbocycles. The smallest absolute Gasteiger partial charge is 0.124 e. The van der Waals surface area contributed by atoms with Crippen molar-refractivity contribution < 1.29 is 9.13 Å². The predicted octanol–water partition coefficient (Wildman–Crippen LogP) is 5.21. The van der Waals surface area contributed by atoms with Crippen molar-refractivity contribution in [3.63, 3.8) is 0 Å². The Morgan fingerprint density at radius 3 is 2.63 bits per heavy atom. The summed E-state index contributed by atoms with van der Waals surface area (Å²) in [5.74, 6) is 0.894. The van der Waals surface area contributed by atoms with Gasteiger partial charge in [0.15, 0.2) is 0 Å². The maximum Gasteiger partial charge on any atom is 0.124 e. The average Bonchev–Trinajstić information content (AvgIpc) is 2.39. The third kappa shape index (κ3) is 3.71. The van der Waals surface area contributed by atoms with Gasteiger partial charge in [-0.1, -0.05) is 39.7 Å². The van der Waals surface area contributed by atoms with E-state index in [1.807, 2.05) is 25.1 Å². The zero-order valence-corrected chi connectivity index (χ0v) is 12.8. The fourth-order valence-corrected chi connectivity index (χ4v) is 2.42. The van der Waals surface area contributed by atoms with E-state index in [2.05, 4.69) is 15.9 Å². The Balaban J connectivity index is 2.14. The molecule has 0 aliphatic heterocycles. The summed E-state index contributed by atoms with van der Waals surface area (Å²) in [4.78, 5) is 0. The first-order chi connectivity index (χ1) is 9.10. The summed E-state index contributed by atoms with van der Waals surface area (Å²) in [5.41, 5.74) is 2.99. The third-order valence-electron chi connectivity index (χ3n) is 2.76. The Hall–Kier alpha value is -1.06. The van der Waals surface area contributed by atoms with Gasteiger partial charge in [-0.05, 0) is 25.1 Å². The normalized spacial score (nSPS) is 10.5. The Bertz CT molecular complexity index is 586. The van der Waals surface area contributed by atoms with Crippen molar-refractivity contribution in [1.82, 2.24) is 0 Å². The van der Waals surface area contributed by atoms with Crippen LogP contribution in [0.2, 0.25) is 0 Å². The van der Waals surface area contributed by atoms with Crippen LogP contribution in [0.1, 0.15) is 16.7 Å². The molecule has 2 rings (SSSR count). The van der Waals surface area contributed by atoms with E-state index in [-0.39, 0.29) is 5.82 Å². The van der Waals surface area contributed by atoms with Crippen molar-refractivity contribution in [3.8, 4) is 5.75 Å². The van der Waals surface area contributed by atoms with Crippen LogP contribution in [0, 0.1) is 12.7 Å². The number of hydrogen-bond donors (Lipinski definition) is 0. The van der Waals surface area contributed by atoms with Crippen molar-refractivity contribution in [2.45, 2.75) is 19.4 Å². The van der Waals surface area contributed by atoms with E-state index in [1.54, 1.807) is 6.07 Å². The maximum absolute atomic E-state index is 13.0. The van der Waals surface area contributed by atoms with Gasteiger partial charge in [-0.25, -0.2) is 4.39 Å². The number of rotatable bonds is 4. The van der Waals surface area contributed by atoms with Crippen LogP contribution >= 0.6 is 27.5 Å². The monoisotopic (exact) mass is 342 g/mol. The van der Waals surface area contributed by atoms with E-state index < -0.39 is 0 Å². The molecule has 0 aromatic heterocycles. The van der Waals surface area contributed by atoms with Gasteiger partial charge in [-0.3, -0.25) is 0 Å². The summed E-state index contributed by atoms with van der Waals surface area (Å²) < 4.78 is 19.4. The minimum absolute atomic E-state index is 0.271. The fraction of sp³-hybridized carbons (Fsp3) is 0.200. The minimum Gasteiger partial charge on any atom is -0.489 e. The standard InChI is InChI=1S/C15H13BrClFO/c1-10-2-5-15(12(6-10)8-17)19-9-11-3-4-13(18)7-14(11)16/h2-7H,8-9H2,1H3. The Morgan fingerprint density at radius 1 is 1.16 bits per heavy atom. The van der Waals surface area contributed by atoms with Gasteiger partial charge in [0.2, 0.25) is 0 Å². The first-order valence-corrected chi connectivity index (χ1v) is 7.15. The maximum atomic E-state index is 13.0. The molecule has 0 radical (unpaired) electrons. The van der Waals surface area contributed by atoms with E-state index in [0.29, 0.717) is 17.0 Å². The molecule has 0 fully saturated rings. The number of alkyl halides is 1. The SMILES string of the molecule is Cc1ccc(OCc2ccc(F)cc2Br)c(CCl)c1. The molecule has 0 unspecified atom stereocenters. The lowest BCUT2D eigenvalue weighted by Crippen LogP contribution is -1.99. The van der Waals surface area contributed by atoms with Gasteiger partial charge in [-0.15, -0.1) is 11.6 Å². The second-order valence-corrected chi connectivity index (χ2v) is 5.39. The summed E-state index contributed by atoms with van der Waals surface area (Å²) in [6.07, 6.45) is 0. The first kappa shape index (κ1) is 14.4. The van der Waals surface area contributed by atoms with E-state index in [4.69, 9.17) is 16.3 Å². The topological polar surface area (TPSA) is 9.23 Å². The zero-order valence-electron chi connectivity index (χ0n) is 10.4. The lowest BCUT2D eigenvalue weighted by Gasteiger charge is -2.11. The molecule has 0 spiro atoms. The van der Waals surface area contributed by atoms with E-state index in [9.17, 15) is 4.39 Å². The molecule has 19 heavy (non-hydrogen) atoms. The molecule has 100 valence electrons. The molecule has 0 bridgehead atoms. The van der Waals surface area contributed by atoms with Crippen molar-refractivity contribution in [2.75, 3.05) is 0 Å². The van der Waals surface area contributed by atoms with Crippen LogP contribution in [-0.2, 0) is 12.5 Å². The van der Waals surface area contributed by atoms with Crippen molar-refractivity contribution in [1.29, 1.82) is 0 Å². The summed E-state index contributed by atoms with van der Waals surface area (Å²) in [5, 5.41) is 0. The molecule has 0 saturated heterocycles. The number of aryl methyl sites for hydroxylation is 1. The number of halogens is 3. The quantitative estimate of drug-likeness (QED) is 0.692. The van der Waals surface area contributed by atoms with Crippen molar-refractivity contribution >= 4 is 27.5 Å². The van der Waals surface area contributed by atoms with Crippen molar-refractivity contribution in [2.24, 2.45) is 0 Å². The van der Waals surface area contributed by atoms with Gasteiger partial charge in [0.05, 0.1) is 5.88 Å². The highest BCUT2D eigenvalue weighted by molar-refractivity contribution is 9.10. The fourth-order valence-electron chi connectivity index (χ4n) is 1.75. The second kappa shape index (κ2) is 6.40. The van der Waals surface area contributed by atoms with Crippen LogP contribution in [0.25, 0.3) is 0 Å². The number of hydrogen-bond acceptors (Lipinski definition) is 1. The molecule has 0 heterocycles. The molecule has 2 aromatic rings. The van der Waals surface area contributed by atoms with Gasteiger partial charge >= 0.3 is 0 Å². The van der Waals surface area contributed by atoms with Crippen LogP contribution in [0.4, 0.5) is 4.39 Å². The predicted molar refractivity (Wildman–Crippen MR) is 79.2 cm³/mol. The van der Waals surface area contributed by atoms with E-state index in [0.717, 1.165) is 22.4 Å². The highest BCUT2D eigenvalue weighted by Gasteiger charge is 2.06. The molecular formula is C15H13BrClFO. The Kier molecular flexibility index (Phi) is 4.83. The zero-order chi connectivity index (χ0) is 13.8. The molecule has 1 nitrogen and oxygen atoms in total. The average molecular weight is 344 g/mol. The molecule has 4 heteroatoms. The van der Waals surface area contributed by atoms with Gasteiger partial charge in [-0.2, -0.15) is 0 Å². The molecule has 0 aliphatic carbocycles. The van der Waals surface area contributed by atoms with Crippen LogP contribution in [0.5, 0.6) is 5.75 Å². The summed E-state index contributed by atoms with van der Waals surface area (Å²) >= 11 is 9.22. The number of ether oxygens (including phenoxy) is 1. The largest absolute Gasteiger partial charge is 0.489 e. The van der Waals surface area contributed by atoms with Gasteiger partial charge in [0.25, 0.3) is 0 Å². The van der Waals surface area contributed by atoms with Gasteiger partial charge < -0.3 is 4.74 Å². The molecular weight excluding hydrogens is 331 g/mol. The lowest BCUT2D eigenvalue weighted by atomic mass is 10.1. The molecule has 0 aliphatic rings. The van der Waals surface area contributed by atoms with Gasteiger partial charge in [0.1, 0.15) is 18.2 Å². The number of benzene rings is 2.